The number of fused-ring (bicyclic) bond motifs is 3. The fraction of sp³-hybridized carbons (Fsp3) is 0.519. The van der Waals surface area contributed by atoms with Crippen LogP contribution in [0.2, 0.25) is 0 Å². The Labute approximate surface area is 230 Å². The third kappa shape index (κ3) is 8.84. The lowest BCUT2D eigenvalue weighted by Gasteiger charge is -2.19. The van der Waals surface area contributed by atoms with Crippen molar-refractivity contribution < 1.29 is 4.79 Å². The van der Waals surface area contributed by atoms with Crippen LogP contribution in [0, 0.1) is 0 Å². The highest BCUT2D eigenvalue weighted by atomic mass is 32.1. The van der Waals surface area contributed by atoms with Gasteiger partial charge in [0.05, 0.1) is 5.39 Å². The van der Waals surface area contributed by atoms with E-state index in [4.69, 9.17) is 5.73 Å². The van der Waals surface area contributed by atoms with Gasteiger partial charge in [0, 0.05) is 34.2 Å². The van der Waals surface area contributed by atoms with E-state index in [1.165, 1.54) is 35.1 Å². The van der Waals surface area contributed by atoms with Crippen LogP contribution in [0.1, 0.15) is 36.1 Å². The molecular weight excluding hydrogens is 502 g/mol. The van der Waals surface area contributed by atoms with Crippen molar-refractivity contribution in [3.8, 4) is 0 Å². The molecule has 0 saturated carbocycles. The van der Waals surface area contributed by atoms with Gasteiger partial charge < -0.3 is 25.8 Å². The van der Waals surface area contributed by atoms with Crippen LogP contribution in [0.5, 0.6) is 0 Å². The molecule has 1 aromatic carbocycles. The zero-order valence-electron chi connectivity index (χ0n) is 22.5. The zero-order chi connectivity index (χ0) is 26.8. The number of carbonyl (C=O) groups is 1. The van der Waals surface area contributed by atoms with Gasteiger partial charge >= 0.3 is 0 Å². The van der Waals surface area contributed by atoms with Gasteiger partial charge in [0.15, 0.2) is 0 Å². The van der Waals surface area contributed by atoms with Crippen LogP contribution >= 0.6 is 24.0 Å². The number of thiol groups is 1. The molecule has 1 aliphatic carbocycles. The lowest BCUT2D eigenvalue weighted by Crippen LogP contribution is -2.29. The fourth-order valence-electron chi connectivity index (χ4n) is 4.34. The molecule has 0 spiro atoms. The van der Waals surface area contributed by atoms with Crippen LogP contribution in [0.3, 0.4) is 0 Å². The van der Waals surface area contributed by atoms with Gasteiger partial charge in [0.2, 0.25) is 6.41 Å². The number of hydrogen-bond donors (Lipinski definition) is 3. The number of thiophene rings is 1. The summed E-state index contributed by atoms with van der Waals surface area (Å²) in [5, 5.41) is 4.58. The van der Waals surface area contributed by atoms with Crippen molar-refractivity contribution in [2.45, 2.75) is 43.4 Å². The number of hydrogen-bond acceptors (Lipinski definition) is 9. The van der Waals surface area contributed by atoms with Crippen molar-refractivity contribution in [3.05, 3.63) is 35.0 Å². The first kappa shape index (κ1) is 29.2. The summed E-state index contributed by atoms with van der Waals surface area (Å²) in [5.41, 5.74) is 8.86. The maximum absolute atomic E-state index is 10.8. The highest BCUT2D eigenvalue weighted by molar-refractivity contribution is 7.80. The number of nitrogen functional groups attached to an aromatic ring is 1. The lowest BCUT2D eigenvalue weighted by molar-refractivity contribution is -0.118. The molecule has 0 fully saturated rings. The summed E-state index contributed by atoms with van der Waals surface area (Å²) in [6.07, 6.45) is 9.50. The van der Waals surface area contributed by atoms with Gasteiger partial charge in [0.1, 0.15) is 17.0 Å². The number of rotatable bonds is 11. The largest absolute Gasteiger partial charge is 0.398 e. The van der Waals surface area contributed by atoms with Gasteiger partial charge in [-0.3, -0.25) is 4.79 Å². The van der Waals surface area contributed by atoms with Gasteiger partial charge in [-0.05, 0) is 104 Å². The Morgan fingerprint density at radius 2 is 1.70 bits per heavy atom. The molecule has 0 radical (unpaired) electrons. The van der Waals surface area contributed by atoms with Crippen LogP contribution < -0.4 is 11.1 Å². The number of carbonyl (C=O) groups excluding carboxylic acids is 1. The van der Waals surface area contributed by atoms with Gasteiger partial charge in [-0.25, -0.2) is 9.97 Å². The maximum atomic E-state index is 10.8. The van der Waals surface area contributed by atoms with E-state index in [-0.39, 0.29) is 0 Å². The zero-order valence-corrected chi connectivity index (χ0v) is 24.2. The minimum absolute atomic E-state index is 0.676. The second-order valence-electron chi connectivity index (χ2n) is 9.97. The van der Waals surface area contributed by atoms with Crippen LogP contribution in [0.15, 0.2) is 29.4 Å². The van der Waals surface area contributed by atoms with Crippen molar-refractivity contribution in [3.63, 3.8) is 0 Å². The summed E-state index contributed by atoms with van der Waals surface area (Å²) in [5.74, 6) is 0.877. The number of nitrogens with one attached hydrogen (secondary N) is 1. The molecule has 2 heterocycles. The molecule has 2 aromatic heterocycles. The Morgan fingerprint density at radius 3 is 2.32 bits per heavy atom. The second kappa shape index (κ2) is 14.5. The number of anilines is 3. The summed E-state index contributed by atoms with van der Waals surface area (Å²) < 4.78 is 0. The van der Waals surface area contributed by atoms with Crippen molar-refractivity contribution in [2.75, 3.05) is 65.4 Å². The molecule has 0 aliphatic heterocycles. The molecule has 1 amide bonds. The summed E-state index contributed by atoms with van der Waals surface area (Å²) in [6, 6.07) is 5.72. The predicted molar refractivity (Wildman–Crippen MR) is 159 cm³/mol. The number of aromatic nitrogens is 2. The molecule has 10 heteroatoms. The Balaban J connectivity index is 0.000000225. The number of amides is 1. The van der Waals surface area contributed by atoms with E-state index in [9.17, 15) is 4.79 Å². The Bertz CT molecular complexity index is 1140. The number of nitrogens with zero attached hydrogens (tertiary/aromatic N) is 5. The topological polar surface area (TPSA) is 90.6 Å². The van der Waals surface area contributed by atoms with Crippen molar-refractivity contribution in [2.24, 2.45) is 0 Å². The molecule has 0 atom stereocenters. The van der Waals surface area contributed by atoms with E-state index in [1.54, 1.807) is 17.7 Å². The molecule has 1 aliphatic rings. The molecule has 8 nitrogen and oxygen atoms in total. The predicted octanol–water partition coefficient (Wildman–Crippen LogP) is 4.53. The molecule has 0 saturated heterocycles. The minimum atomic E-state index is 0.676. The Morgan fingerprint density at radius 1 is 1.03 bits per heavy atom. The smallest absolute Gasteiger partial charge is 0.209 e. The Kier molecular flexibility index (Phi) is 11.4. The van der Waals surface area contributed by atoms with E-state index < -0.39 is 0 Å². The summed E-state index contributed by atoms with van der Waals surface area (Å²) in [4.78, 5) is 29.1. The van der Waals surface area contributed by atoms with Crippen molar-refractivity contribution in [1.82, 2.24) is 24.7 Å². The molecule has 0 bridgehead atoms. The highest BCUT2D eigenvalue weighted by Crippen LogP contribution is 2.39. The number of benzene rings is 1. The lowest BCUT2D eigenvalue weighted by atomic mass is 9.97. The second-order valence-corrected chi connectivity index (χ2v) is 11.5. The van der Waals surface area contributed by atoms with E-state index in [1.807, 2.05) is 23.1 Å². The average Bonchev–Trinajstić information content (AvgIpc) is 3.25. The third-order valence-corrected chi connectivity index (χ3v) is 7.88. The molecular formula is C27H41N7OS2. The third-order valence-electron chi connectivity index (χ3n) is 6.29. The van der Waals surface area contributed by atoms with Gasteiger partial charge in [0.25, 0.3) is 0 Å². The van der Waals surface area contributed by atoms with Crippen LogP contribution in [0.25, 0.3) is 10.2 Å². The quantitative estimate of drug-likeness (QED) is 0.186. The minimum Gasteiger partial charge on any atom is -0.398 e. The summed E-state index contributed by atoms with van der Waals surface area (Å²) >= 11 is 6.18. The van der Waals surface area contributed by atoms with Gasteiger partial charge in [-0.1, -0.05) is 0 Å². The van der Waals surface area contributed by atoms with Crippen LogP contribution in [-0.4, -0.2) is 85.4 Å². The Hall–Kier alpha value is -2.40. The molecule has 202 valence electrons. The van der Waals surface area contributed by atoms with E-state index in [2.05, 4.69) is 65.9 Å². The van der Waals surface area contributed by atoms with Crippen LogP contribution in [-0.2, 0) is 17.6 Å². The highest BCUT2D eigenvalue weighted by Gasteiger charge is 2.20. The maximum Gasteiger partial charge on any atom is 0.209 e. The molecule has 4 rings (SSSR count). The first-order valence-electron chi connectivity index (χ1n) is 12.9. The summed E-state index contributed by atoms with van der Waals surface area (Å²) in [6.45, 7) is 3.82. The van der Waals surface area contributed by atoms with Crippen molar-refractivity contribution in [1.29, 1.82) is 0 Å². The normalized spacial score (nSPS) is 12.8. The van der Waals surface area contributed by atoms with Crippen molar-refractivity contribution >= 4 is 57.8 Å². The van der Waals surface area contributed by atoms with E-state index >= 15 is 0 Å². The molecule has 3 N–H and O–H groups in total. The van der Waals surface area contributed by atoms with Gasteiger partial charge in [-0.15, -0.1) is 24.0 Å². The fourth-order valence-corrected chi connectivity index (χ4v) is 5.78. The van der Waals surface area contributed by atoms with E-state index in [0.717, 1.165) is 73.1 Å². The number of nitrogens with two attached hydrogens (primary N) is 1. The van der Waals surface area contributed by atoms with Crippen LogP contribution in [0.4, 0.5) is 17.2 Å². The molecule has 0 unspecified atom stereocenters. The van der Waals surface area contributed by atoms with Gasteiger partial charge in [-0.2, -0.15) is 0 Å². The molecule has 37 heavy (non-hydrogen) atoms. The standard InChI is InChI=1S/C16H16N4S2.C11H25N3O/c17-11-6-5-9(7-12(11)21)20-15-14-10-3-1-2-4-13(10)22-16(14)19-8-18-15;1-12(2)7-5-9-14(11-15)10-6-8-13(3)4/h5-8,21H,1-4,17H2,(H,18,19,20);11H,5-10H2,1-4H3. The number of aryl methyl sites for hydroxylation is 2. The average molecular weight is 544 g/mol. The summed E-state index contributed by atoms with van der Waals surface area (Å²) in [7, 11) is 8.21. The first-order valence-corrected chi connectivity index (χ1v) is 14.1. The monoisotopic (exact) mass is 543 g/mol. The first-order chi connectivity index (χ1) is 17.8. The SMILES string of the molecule is CN(C)CCCN(C=O)CCCN(C)C.Nc1ccc(Nc2ncnc3sc4c(c23)CCCC4)cc1S. The van der Waals surface area contributed by atoms with E-state index in [0.29, 0.717) is 5.69 Å². The molecule has 3 aromatic rings.